The molecule has 1 aromatic heterocycles. The second kappa shape index (κ2) is 18.2. The first kappa shape index (κ1) is 42.2. The standard InChI is InChI=1S/C40H59FN4O7S/c1-26-35(53-25-42-26)28-17-16-27(30(21-28)51-20-14-12-10-8-9-11-13-15-33(48)52-39(5,6)7)22-32(47)43-31-23-29(46)24-45(31)37(50)34(38(2,3)4)36(49)44-40(41)18-19-40/h16-17,21,25,29,31,34,46H,8-15,18-20,22-24H2,1-7H3,(H,43,47)(H,44,49)/t29-,31+,34+/m1/s1. The van der Waals surface area contributed by atoms with Crippen molar-refractivity contribution in [2.24, 2.45) is 11.3 Å². The van der Waals surface area contributed by atoms with Gasteiger partial charge in [0.15, 0.2) is 5.79 Å². The molecule has 0 unspecified atom stereocenters. The highest BCUT2D eigenvalue weighted by molar-refractivity contribution is 7.13. The van der Waals surface area contributed by atoms with Crippen molar-refractivity contribution >= 4 is 35.0 Å². The number of nitrogens with zero attached hydrogens (tertiary/aromatic N) is 2. The van der Waals surface area contributed by atoms with Gasteiger partial charge >= 0.3 is 5.97 Å². The third-order valence-corrected chi connectivity index (χ3v) is 10.4. The lowest BCUT2D eigenvalue weighted by Crippen LogP contribution is -2.55. The number of amides is 3. The first-order valence-corrected chi connectivity index (χ1v) is 19.9. The van der Waals surface area contributed by atoms with Gasteiger partial charge in [-0.1, -0.05) is 65.0 Å². The Morgan fingerprint density at radius 3 is 2.30 bits per heavy atom. The summed E-state index contributed by atoms with van der Waals surface area (Å²) >= 11 is 1.53. The summed E-state index contributed by atoms with van der Waals surface area (Å²) in [6, 6.07) is 5.75. The number of benzene rings is 1. The molecule has 53 heavy (non-hydrogen) atoms. The van der Waals surface area contributed by atoms with Crippen LogP contribution in [0.3, 0.4) is 0 Å². The number of aromatic nitrogens is 1. The summed E-state index contributed by atoms with van der Waals surface area (Å²) in [5, 5.41) is 15.8. The molecule has 3 atom stereocenters. The van der Waals surface area contributed by atoms with E-state index in [1.54, 1.807) is 26.3 Å². The van der Waals surface area contributed by atoms with E-state index in [9.17, 15) is 28.7 Å². The number of carbonyl (C=O) groups excluding carboxylic acids is 4. The predicted molar refractivity (Wildman–Crippen MR) is 203 cm³/mol. The van der Waals surface area contributed by atoms with Gasteiger partial charge in [0.05, 0.1) is 35.2 Å². The zero-order valence-corrected chi connectivity index (χ0v) is 33.3. The number of β-amino-alcohol motifs (C(OH)–C–C–N with tert-alkyl or cyclic N) is 1. The summed E-state index contributed by atoms with van der Waals surface area (Å²) < 4.78 is 26.1. The maximum atomic E-state index is 14.5. The van der Waals surface area contributed by atoms with Gasteiger partial charge in [-0.25, -0.2) is 9.37 Å². The van der Waals surface area contributed by atoms with Gasteiger partial charge in [0.1, 0.15) is 23.4 Å². The van der Waals surface area contributed by atoms with Crippen molar-refractivity contribution < 1.29 is 38.1 Å². The predicted octanol–water partition coefficient (Wildman–Crippen LogP) is 6.78. The molecule has 1 saturated carbocycles. The maximum Gasteiger partial charge on any atom is 0.306 e. The lowest BCUT2D eigenvalue weighted by Gasteiger charge is -2.34. The molecule has 1 saturated heterocycles. The molecule has 1 aliphatic heterocycles. The first-order valence-electron chi connectivity index (χ1n) is 19.0. The van der Waals surface area contributed by atoms with Gasteiger partial charge < -0.3 is 30.1 Å². The molecule has 1 aliphatic carbocycles. The van der Waals surface area contributed by atoms with Gasteiger partial charge in [-0.05, 0) is 57.6 Å². The number of alkyl halides is 1. The number of esters is 1. The number of nitrogens with one attached hydrogen (secondary N) is 2. The Balaban J connectivity index is 1.33. The number of aryl methyl sites for hydroxylation is 1. The average molecular weight is 759 g/mol. The van der Waals surface area contributed by atoms with Crippen molar-refractivity contribution in [1.82, 2.24) is 20.5 Å². The fourth-order valence-corrected chi connectivity index (χ4v) is 7.36. The highest BCUT2D eigenvalue weighted by Crippen LogP contribution is 2.39. The van der Waals surface area contributed by atoms with Crippen LogP contribution in [0.25, 0.3) is 10.4 Å². The average Bonchev–Trinajstić information content (AvgIpc) is 3.41. The topological polar surface area (TPSA) is 147 Å². The lowest BCUT2D eigenvalue weighted by atomic mass is 9.79. The molecule has 13 heteroatoms. The summed E-state index contributed by atoms with van der Waals surface area (Å²) in [5.74, 6) is -4.15. The van der Waals surface area contributed by atoms with Crippen LogP contribution in [-0.4, -0.2) is 75.5 Å². The molecule has 3 N–H and O–H groups in total. The van der Waals surface area contributed by atoms with E-state index in [-0.39, 0.29) is 44.1 Å². The fraction of sp³-hybridized carbons (Fsp3) is 0.675. The number of halogens is 1. The number of ether oxygens (including phenoxy) is 2. The van der Waals surface area contributed by atoms with Gasteiger partial charge in [-0.3, -0.25) is 19.2 Å². The molecule has 1 aromatic carbocycles. The number of thiazole rings is 1. The van der Waals surface area contributed by atoms with Crippen LogP contribution in [0.4, 0.5) is 4.39 Å². The van der Waals surface area contributed by atoms with Crippen LogP contribution >= 0.6 is 11.3 Å². The van der Waals surface area contributed by atoms with Gasteiger partial charge in [0, 0.05) is 37.8 Å². The van der Waals surface area contributed by atoms with E-state index in [1.165, 1.54) is 16.2 Å². The number of hydrogen-bond acceptors (Lipinski definition) is 9. The number of unbranched alkanes of at least 4 members (excludes halogenated alkanes) is 6. The minimum atomic E-state index is -1.78. The molecule has 0 radical (unpaired) electrons. The quantitative estimate of drug-likeness (QED) is 0.0653. The van der Waals surface area contributed by atoms with Crippen molar-refractivity contribution in [1.29, 1.82) is 0 Å². The van der Waals surface area contributed by atoms with Gasteiger partial charge in [-0.2, -0.15) is 0 Å². The van der Waals surface area contributed by atoms with E-state index in [1.807, 2.05) is 45.9 Å². The molecule has 0 bridgehead atoms. The Hall–Kier alpha value is -3.58. The molecule has 2 heterocycles. The summed E-state index contributed by atoms with van der Waals surface area (Å²) in [6.45, 7) is 13.2. The van der Waals surface area contributed by atoms with Crippen molar-refractivity contribution in [2.45, 2.75) is 149 Å². The number of rotatable bonds is 18. The van der Waals surface area contributed by atoms with Crippen LogP contribution in [-0.2, 0) is 30.3 Å². The van der Waals surface area contributed by atoms with Gasteiger partial charge in [0.25, 0.3) is 0 Å². The Morgan fingerprint density at radius 2 is 1.70 bits per heavy atom. The molecule has 0 spiro atoms. The van der Waals surface area contributed by atoms with Crippen LogP contribution in [0.15, 0.2) is 23.7 Å². The van der Waals surface area contributed by atoms with Crippen LogP contribution in [0, 0.1) is 18.3 Å². The second-order valence-corrected chi connectivity index (χ2v) is 17.5. The van der Waals surface area contributed by atoms with Crippen molar-refractivity contribution in [3.05, 3.63) is 35.0 Å². The highest BCUT2D eigenvalue weighted by Gasteiger charge is 2.50. The molecule has 4 rings (SSSR count). The molecule has 294 valence electrons. The third kappa shape index (κ3) is 13.0. The van der Waals surface area contributed by atoms with Crippen molar-refractivity contribution in [3.8, 4) is 16.2 Å². The van der Waals surface area contributed by atoms with Crippen LogP contribution < -0.4 is 15.4 Å². The van der Waals surface area contributed by atoms with E-state index in [4.69, 9.17) is 9.47 Å². The lowest BCUT2D eigenvalue weighted by molar-refractivity contribution is -0.155. The van der Waals surface area contributed by atoms with Crippen LogP contribution in [0.2, 0.25) is 0 Å². The molecule has 2 aromatic rings. The number of aliphatic hydroxyl groups excluding tert-OH is 1. The Bertz CT molecular complexity index is 1580. The maximum absolute atomic E-state index is 14.5. The van der Waals surface area contributed by atoms with Crippen LogP contribution in [0.1, 0.15) is 123 Å². The summed E-state index contributed by atoms with van der Waals surface area (Å²) in [4.78, 5) is 59.1. The highest BCUT2D eigenvalue weighted by atomic mass is 32.1. The van der Waals surface area contributed by atoms with E-state index < -0.39 is 46.8 Å². The van der Waals surface area contributed by atoms with Crippen molar-refractivity contribution in [2.75, 3.05) is 13.2 Å². The zero-order valence-electron chi connectivity index (χ0n) is 32.5. The summed E-state index contributed by atoms with van der Waals surface area (Å²) in [7, 11) is 0. The zero-order chi connectivity index (χ0) is 39.0. The number of aliphatic hydroxyl groups is 1. The smallest absolute Gasteiger partial charge is 0.306 e. The third-order valence-electron chi connectivity index (χ3n) is 9.43. The Labute approximate surface area is 317 Å². The van der Waals surface area contributed by atoms with E-state index in [0.717, 1.165) is 61.1 Å². The molecule has 11 nitrogen and oxygen atoms in total. The van der Waals surface area contributed by atoms with Crippen molar-refractivity contribution in [3.63, 3.8) is 0 Å². The van der Waals surface area contributed by atoms with E-state index in [0.29, 0.717) is 24.3 Å². The molecular weight excluding hydrogens is 700 g/mol. The largest absolute Gasteiger partial charge is 0.493 e. The Kier molecular flexibility index (Phi) is 14.5. The molecule has 2 fully saturated rings. The summed E-state index contributed by atoms with van der Waals surface area (Å²) in [5.41, 5.74) is 3.04. The minimum Gasteiger partial charge on any atom is -0.493 e. The Morgan fingerprint density at radius 1 is 1.04 bits per heavy atom. The van der Waals surface area contributed by atoms with Gasteiger partial charge in [0.2, 0.25) is 17.7 Å². The molecule has 3 amide bonds. The second-order valence-electron chi connectivity index (χ2n) is 16.6. The molecular formula is C40H59FN4O7S. The van der Waals surface area contributed by atoms with Crippen LogP contribution in [0.5, 0.6) is 5.75 Å². The SMILES string of the molecule is Cc1ncsc1-c1ccc(CC(=O)N[C@@H]2C[C@@H](O)CN2C(=O)[C@H](C(=O)NC2(F)CC2)C(C)(C)C)c(OCCCCCCCCCC(=O)OC(C)(C)C)c1. The normalized spacial score (nSPS) is 18.7. The first-order chi connectivity index (χ1) is 24.8. The van der Waals surface area contributed by atoms with Gasteiger partial charge in [-0.15, -0.1) is 11.3 Å². The molecule has 2 aliphatic rings. The summed E-state index contributed by atoms with van der Waals surface area (Å²) in [6.07, 6.45) is 6.08. The monoisotopic (exact) mass is 758 g/mol. The minimum absolute atomic E-state index is 0.0250. The van der Waals surface area contributed by atoms with E-state index in [2.05, 4.69) is 15.6 Å². The van der Waals surface area contributed by atoms with E-state index >= 15 is 0 Å². The fourth-order valence-electron chi connectivity index (χ4n) is 6.56. The number of carbonyl (C=O) groups is 4. The number of likely N-dealkylation sites (tertiary alicyclic amines) is 1. The number of hydrogen-bond donors (Lipinski definition) is 3.